The van der Waals surface area contributed by atoms with Crippen LogP contribution in [0.5, 0.6) is 0 Å². The van der Waals surface area contributed by atoms with Crippen molar-refractivity contribution in [3.8, 4) is 0 Å². The number of allylic oxidation sites excluding steroid dienone is 2. The predicted molar refractivity (Wildman–Crippen MR) is 74.4 cm³/mol. The molecule has 0 atom stereocenters. The first-order chi connectivity index (χ1) is 8.34. The van der Waals surface area contributed by atoms with E-state index in [4.69, 9.17) is 12.2 Å². The van der Waals surface area contributed by atoms with Crippen LogP contribution in [-0.2, 0) is 0 Å². The lowest BCUT2D eigenvalue weighted by atomic mass is 10.2. The lowest BCUT2D eigenvalue weighted by Crippen LogP contribution is -1.67. The van der Waals surface area contributed by atoms with Crippen molar-refractivity contribution in [2.75, 3.05) is 0 Å². The van der Waals surface area contributed by atoms with Gasteiger partial charge in [-0.2, -0.15) is 4.99 Å². The van der Waals surface area contributed by atoms with Gasteiger partial charge in [0.05, 0.1) is 0 Å². The molecule has 0 aliphatic rings. The van der Waals surface area contributed by atoms with E-state index >= 15 is 0 Å². The summed E-state index contributed by atoms with van der Waals surface area (Å²) in [5.41, 5.74) is 1.14. The molecule has 0 spiro atoms. The van der Waals surface area contributed by atoms with Gasteiger partial charge in [-0.05, 0) is 29.7 Å². The SMILES string of the molecule is S=c1[nH]nc(N=C=C/C=C/c2ccccc2)s1. The summed E-state index contributed by atoms with van der Waals surface area (Å²) < 4.78 is 0.616. The van der Waals surface area contributed by atoms with Crippen LogP contribution in [0.15, 0.2) is 47.5 Å². The summed E-state index contributed by atoms with van der Waals surface area (Å²) >= 11 is 6.20. The Kier molecular flexibility index (Phi) is 4.16. The van der Waals surface area contributed by atoms with Crippen LogP contribution in [0.3, 0.4) is 0 Å². The van der Waals surface area contributed by atoms with Gasteiger partial charge in [-0.25, -0.2) is 0 Å². The van der Waals surface area contributed by atoms with E-state index in [1.165, 1.54) is 11.3 Å². The Labute approximate surface area is 108 Å². The Bertz CT molecular complexity index is 616. The van der Waals surface area contributed by atoms with Gasteiger partial charge in [0.1, 0.15) is 0 Å². The average molecular weight is 259 g/mol. The monoisotopic (exact) mass is 259 g/mol. The van der Waals surface area contributed by atoms with Gasteiger partial charge in [0.15, 0.2) is 3.95 Å². The first-order valence-corrected chi connectivity index (χ1v) is 6.14. The Balaban J connectivity index is 2.00. The van der Waals surface area contributed by atoms with Crippen molar-refractivity contribution < 1.29 is 0 Å². The highest BCUT2D eigenvalue weighted by Crippen LogP contribution is 2.13. The molecule has 0 bridgehead atoms. The first kappa shape index (κ1) is 11.7. The van der Waals surface area contributed by atoms with Gasteiger partial charge in [0, 0.05) is 0 Å². The van der Waals surface area contributed by atoms with E-state index in [1.54, 1.807) is 6.08 Å². The van der Waals surface area contributed by atoms with Gasteiger partial charge in [0.25, 0.3) is 0 Å². The van der Waals surface area contributed by atoms with Crippen molar-refractivity contribution >= 4 is 40.6 Å². The molecule has 0 aliphatic heterocycles. The van der Waals surface area contributed by atoms with Gasteiger partial charge >= 0.3 is 0 Å². The number of hydrogen-bond acceptors (Lipinski definition) is 4. The van der Waals surface area contributed by atoms with Crippen molar-refractivity contribution in [3.05, 3.63) is 52.0 Å². The molecule has 0 fully saturated rings. The molecule has 1 aromatic heterocycles. The quantitative estimate of drug-likeness (QED) is 0.518. The van der Waals surface area contributed by atoms with Crippen LogP contribution in [0.4, 0.5) is 5.13 Å². The molecule has 84 valence electrons. The molecule has 0 saturated carbocycles. The molecule has 0 radical (unpaired) electrons. The maximum atomic E-state index is 4.89. The van der Waals surface area contributed by atoms with Gasteiger partial charge in [-0.15, -0.1) is 5.10 Å². The number of aromatic nitrogens is 2. The summed E-state index contributed by atoms with van der Waals surface area (Å²) in [5.74, 6) is 2.78. The Morgan fingerprint density at radius 2 is 2.18 bits per heavy atom. The van der Waals surface area contributed by atoms with Crippen LogP contribution in [0.25, 0.3) is 6.08 Å². The number of rotatable bonds is 3. The number of benzene rings is 1. The largest absolute Gasteiger partial charge is 0.256 e. The standard InChI is InChI=1S/C12H9N3S2/c16-12-15-14-11(17-12)13-9-5-4-8-10-6-2-1-3-7-10/h1-8H,(H,15,16)/b8-4+. The maximum Gasteiger partial charge on any atom is 0.238 e. The number of nitrogens with zero attached hydrogens (tertiary/aromatic N) is 2. The summed E-state index contributed by atoms with van der Waals surface area (Å²) in [6.45, 7) is 0. The van der Waals surface area contributed by atoms with E-state index in [9.17, 15) is 0 Å². The molecule has 1 N–H and O–H groups in total. The maximum absolute atomic E-state index is 4.89. The molecule has 2 aromatic rings. The minimum Gasteiger partial charge on any atom is -0.256 e. The third kappa shape index (κ3) is 3.92. The van der Waals surface area contributed by atoms with Gasteiger partial charge in [-0.3, -0.25) is 5.10 Å². The van der Waals surface area contributed by atoms with Gasteiger partial charge in [0.2, 0.25) is 5.13 Å². The molecule has 1 aromatic carbocycles. The predicted octanol–water partition coefficient (Wildman–Crippen LogP) is 3.77. The van der Waals surface area contributed by atoms with E-state index in [1.807, 2.05) is 42.5 Å². The zero-order valence-electron chi connectivity index (χ0n) is 8.83. The fraction of sp³-hybridized carbons (Fsp3) is 0. The minimum absolute atomic E-state index is 0.583. The summed E-state index contributed by atoms with van der Waals surface area (Å²) in [4.78, 5) is 4.01. The topological polar surface area (TPSA) is 41.0 Å². The molecule has 0 aliphatic carbocycles. The van der Waals surface area contributed by atoms with Crippen molar-refractivity contribution in [1.29, 1.82) is 0 Å². The van der Waals surface area contributed by atoms with Gasteiger partial charge < -0.3 is 0 Å². The van der Waals surface area contributed by atoms with Crippen LogP contribution < -0.4 is 0 Å². The van der Waals surface area contributed by atoms with Crippen molar-refractivity contribution in [2.24, 2.45) is 4.99 Å². The summed E-state index contributed by atoms with van der Waals surface area (Å²) in [6.07, 6.45) is 5.59. The Morgan fingerprint density at radius 3 is 2.88 bits per heavy atom. The first-order valence-electron chi connectivity index (χ1n) is 4.91. The Morgan fingerprint density at radius 1 is 1.35 bits per heavy atom. The Hall–Kier alpha value is -1.81. The number of aromatic amines is 1. The highest BCUT2D eigenvalue weighted by molar-refractivity contribution is 7.73. The summed E-state index contributed by atoms with van der Waals surface area (Å²) in [5, 5.41) is 7.12. The highest BCUT2D eigenvalue weighted by Gasteiger charge is 1.89. The van der Waals surface area contributed by atoms with Crippen LogP contribution >= 0.6 is 23.6 Å². The normalized spacial score (nSPS) is 10.1. The lowest BCUT2D eigenvalue weighted by Gasteiger charge is -1.87. The molecule has 1 heterocycles. The van der Waals surface area contributed by atoms with Crippen LogP contribution in [-0.4, -0.2) is 16.1 Å². The zero-order valence-corrected chi connectivity index (χ0v) is 10.5. The van der Waals surface area contributed by atoms with Crippen molar-refractivity contribution in [3.63, 3.8) is 0 Å². The van der Waals surface area contributed by atoms with E-state index in [0.29, 0.717) is 9.09 Å². The molecular formula is C12H9N3S2. The van der Waals surface area contributed by atoms with Crippen LogP contribution in [0, 0.1) is 3.95 Å². The number of nitrogens with one attached hydrogen (secondary N) is 1. The lowest BCUT2D eigenvalue weighted by molar-refractivity contribution is 1.07. The third-order valence-electron chi connectivity index (χ3n) is 1.85. The number of hydrogen-bond donors (Lipinski definition) is 1. The molecule has 2 rings (SSSR count). The molecule has 5 heteroatoms. The molecule has 3 nitrogen and oxygen atoms in total. The zero-order chi connectivity index (χ0) is 11.9. The van der Waals surface area contributed by atoms with Crippen LogP contribution in [0.1, 0.15) is 5.56 Å². The van der Waals surface area contributed by atoms with E-state index in [0.717, 1.165) is 5.56 Å². The van der Waals surface area contributed by atoms with E-state index in [-0.39, 0.29) is 0 Å². The summed E-state index contributed by atoms with van der Waals surface area (Å²) in [7, 11) is 0. The highest BCUT2D eigenvalue weighted by atomic mass is 32.1. The number of H-pyrrole nitrogens is 1. The second-order valence-electron chi connectivity index (χ2n) is 3.07. The fourth-order valence-corrected chi connectivity index (χ4v) is 1.84. The van der Waals surface area contributed by atoms with E-state index < -0.39 is 0 Å². The second kappa shape index (κ2) is 6.06. The van der Waals surface area contributed by atoms with Gasteiger partial charge in [-0.1, -0.05) is 53.8 Å². The number of aliphatic imine (C=N–C) groups is 1. The molecule has 17 heavy (non-hydrogen) atoms. The minimum atomic E-state index is 0.583. The molecule has 0 amide bonds. The fourth-order valence-electron chi connectivity index (χ4n) is 1.13. The smallest absolute Gasteiger partial charge is 0.238 e. The van der Waals surface area contributed by atoms with Crippen molar-refractivity contribution in [2.45, 2.75) is 0 Å². The summed E-state index contributed by atoms with van der Waals surface area (Å²) in [6, 6.07) is 10.0. The second-order valence-corrected chi connectivity index (χ2v) is 4.72. The molecular weight excluding hydrogens is 250 g/mol. The molecule has 0 saturated heterocycles. The van der Waals surface area contributed by atoms with Crippen LogP contribution in [0.2, 0.25) is 0 Å². The van der Waals surface area contributed by atoms with E-state index in [2.05, 4.69) is 21.1 Å². The third-order valence-corrected chi connectivity index (χ3v) is 2.83. The average Bonchev–Trinajstić information content (AvgIpc) is 2.76. The van der Waals surface area contributed by atoms with Crippen molar-refractivity contribution in [1.82, 2.24) is 10.2 Å². The molecule has 0 unspecified atom stereocenters.